The van der Waals surface area contributed by atoms with Gasteiger partial charge in [0.1, 0.15) is 0 Å². The lowest BCUT2D eigenvalue weighted by Gasteiger charge is -2.32. The molecule has 1 atom stereocenters. The van der Waals surface area contributed by atoms with E-state index in [2.05, 4.69) is 16.5 Å². The lowest BCUT2D eigenvalue weighted by atomic mass is 9.79. The number of nitrogens with one attached hydrogen (secondary N) is 1. The van der Waals surface area contributed by atoms with Gasteiger partial charge >= 0.3 is 7.12 Å². The number of hydrogen-bond donors (Lipinski definition) is 1. The molecular weight excluding hydrogens is 351 g/mol. The minimum atomic E-state index is -3.57. The molecule has 0 radical (unpaired) electrons. The van der Waals surface area contributed by atoms with Crippen LogP contribution in [0.1, 0.15) is 47.5 Å². The molecule has 2 heterocycles. The van der Waals surface area contributed by atoms with Crippen molar-refractivity contribution in [2.75, 3.05) is 18.5 Å². The molecule has 2 saturated heterocycles. The lowest BCUT2D eigenvalue weighted by Crippen LogP contribution is -2.41. The van der Waals surface area contributed by atoms with Gasteiger partial charge in [-0.05, 0) is 78.2 Å². The largest absolute Gasteiger partial charge is 0.494 e. The molecule has 0 aromatic heterocycles. The van der Waals surface area contributed by atoms with Crippen molar-refractivity contribution in [2.24, 2.45) is 0 Å². The minimum Gasteiger partial charge on any atom is -0.399 e. The molecule has 1 aromatic rings. The second-order valence-electron chi connectivity index (χ2n) is 8.24. The first-order valence-electron chi connectivity index (χ1n) is 9.18. The van der Waals surface area contributed by atoms with Crippen LogP contribution < -0.4 is 15.1 Å². The van der Waals surface area contributed by atoms with Crippen molar-refractivity contribution in [3.05, 3.63) is 18.2 Å². The average Bonchev–Trinajstić information content (AvgIpc) is 3.07. The van der Waals surface area contributed by atoms with Crippen LogP contribution in [0.5, 0.6) is 0 Å². The number of nitrogens with zero attached hydrogens (tertiary/aromatic N) is 1. The van der Waals surface area contributed by atoms with Crippen molar-refractivity contribution in [1.29, 1.82) is 0 Å². The van der Waals surface area contributed by atoms with E-state index in [0.29, 0.717) is 6.04 Å². The van der Waals surface area contributed by atoms with Crippen LogP contribution in [-0.4, -0.2) is 46.4 Å². The van der Waals surface area contributed by atoms with Crippen LogP contribution in [0, 0.1) is 0 Å². The fourth-order valence-corrected chi connectivity index (χ4v) is 4.28. The van der Waals surface area contributed by atoms with Crippen molar-refractivity contribution in [3.63, 3.8) is 0 Å². The van der Waals surface area contributed by atoms with Crippen molar-refractivity contribution in [3.8, 4) is 0 Å². The number of rotatable bonds is 4. The second kappa shape index (κ2) is 6.51. The van der Waals surface area contributed by atoms with Crippen molar-refractivity contribution >= 4 is 28.3 Å². The van der Waals surface area contributed by atoms with Gasteiger partial charge in [-0.3, -0.25) is 0 Å². The third-order valence-electron chi connectivity index (χ3n) is 5.90. The van der Waals surface area contributed by atoms with Crippen LogP contribution in [0.15, 0.2) is 23.1 Å². The van der Waals surface area contributed by atoms with Gasteiger partial charge in [-0.15, -0.1) is 0 Å². The summed E-state index contributed by atoms with van der Waals surface area (Å²) in [7, 11) is -2.73. The zero-order chi connectivity index (χ0) is 19.3. The first kappa shape index (κ1) is 19.7. The summed E-state index contributed by atoms with van der Waals surface area (Å²) in [5, 5.41) is 0. The van der Waals surface area contributed by atoms with E-state index in [0.717, 1.165) is 30.5 Å². The highest BCUT2D eigenvalue weighted by molar-refractivity contribution is 7.89. The van der Waals surface area contributed by atoms with Gasteiger partial charge in [-0.1, -0.05) is 0 Å². The van der Waals surface area contributed by atoms with E-state index < -0.39 is 28.3 Å². The Hall–Kier alpha value is -1.09. The standard InChI is InChI=1S/C18H29BN2O4S/c1-13-8-7-9-21(13)15-10-14(11-16(12-15)26(22,23)20-6)19-24-17(2,3)18(4,5)25-19/h10-13,20H,7-9H2,1-6H3. The summed E-state index contributed by atoms with van der Waals surface area (Å²) < 4.78 is 39.6. The zero-order valence-electron chi connectivity index (χ0n) is 16.5. The summed E-state index contributed by atoms with van der Waals surface area (Å²) in [6.45, 7) is 11.1. The molecule has 1 N–H and O–H groups in total. The molecule has 2 aliphatic rings. The number of anilines is 1. The molecule has 8 heteroatoms. The third-order valence-corrected chi connectivity index (χ3v) is 7.30. The maximum Gasteiger partial charge on any atom is 0.494 e. The molecule has 2 fully saturated rings. The summed E-state index contributed by atoms with van der Waals surface area (Å²) in [6.07, 6.45) is 2.21. The van der Waals surface area contributed by atoms with Gasteiger partial charge in [0, 0.05) is 18.3 Å². The molecule has 0 aliphatic carbocycles. The lowest BCUT2D eigenvalue weighted by molar-refractivity contribution is 0.00578. The molecule has 144 valence electrons. The molecule has 3 rings (SSSR count). The first-order valence-corrected chi connectivity index (χ1v) is 10.7. The maximum atomic E-state index is 12.5. The van der Waals surface area contributed by atoms with E-state index in [4.69, 9.17) is 9.31 Å². The molecule has 26 heavy (non-hydrogen) atoms. The molecule has 2 aliphatic heterocycles. The molecule has 0 amide bonds. The Bertz CT molecular complexity index is 778. The van der Waals surface area contributed by atoms with Crippen molar-refractivity contribution < 1.29 is 17.7 Å². The molecule has 0 spiro atoms. The van der Waals surface area contributed by atoms with Crippen LogP contribution in [0.4, 0.5) is 5.69 Å². The summed E-state index contributed by atoms with van der Waals surface area (Å²) >= 11 is 0. The summed E-state index contributed by atoms with van der Waals surface area (Å²) in [6, 6.07) is 5.77. The Morgan fingerprint density at radius 1 is 1.15 bits per heavy atom. The quantitative estimate of drug-likeness (QED) is 0.808. The average molecular weight is 380 g/mol. The highest BCUT2D eigenvalue weighted by atomic mass is 32.2. The maximum absolute atomic E-state index is 12.5. The number of sulfonamides is 1. The highest BCUT2D eigenvalue weighted by Crippen LogP contribution is 2.37. The van der Waals surface area contributed by atoms with Gasteiger partial charge in [0.15, 0.2) is 0 Å². The summed E-state index contributed by atoms with van der Waals surface area (Å²) in [5.74, 6) is 0. The third kappa shape index (κ3) is 3.40. The Morgan fingerprint density at radius 3 is 2.27 bits per heavy atom. The zero-order valence-corrected chi connectivity index (χ0v) is 17.3. The fraction of sp³-hybridized carbons (Fsp3) is 0.667. The smallest absolute Gasteiger partial charge is 0.399 e. The van der Waals surface area contributed by atoms with Crippen molar-refractivity contribution in [1.82, 2.24) is 4.72 Å². The Kier molecular flexibility index (Phi) is 4.93. The molecule has 6 nitrogen and oxygen atoms in total. The van der Waals surface area contributed by atoms with Gasteiger partial charge in [-0.25, -0.2) is 13.1 Å². The normalized spacial score (nSPS) is 25.1. The van der Waals surface area contributed by atoms with E-state index in [1.54, 1.807) is 12.1 Å². The van der Waals surface area contributed by atoms with E-state index in [1.807, 2.05) is 33.8 Å². The van der Waals surface area contributed by atoms with Crippen LogP contribution >= 0.6 is 0 Å². The Labute approximate surface area is 157 Å². The number of hydrogen-bond acceptors (Lipinski definition) is 5. The van der Waals surface area contributed by atoms with Crippen molar-refractivity contribution in [2.45, 2.75) is 69.6 Å². The minimum absolute atomic E-state index is 0.237. The summed E-state index contributed by atoms with van der Waals surface area (Å²) in [5.41, 5.74) is 0.679. The Balaban J connectivity index is 2.06. The van der Waals surface area contributed by atoms with E-state index in [-0.39, 0.29) is 4.90 Å². The monoisotopic (exact) mass is 380 g/mol. The van der Waals surface area contributed by atoms with Gasteiger partial charge in [0.2, 0.25) is 10.0 Å². The molecule has 1 unspecified atom stereocenters. The summed E-state index contributed by atoms with van der Waals surface area (Å²) in [4.78, 5) is 2.49. The molecule has 0 bridgehead atoms. The van der Waals surface area contributed by atoms with Crippen LogP contribution in [0.2, 0.25) is 0 Å². The SMILES string of the molecule is CNS(=O)(=O)c1cc(B2OC(C)(C)C(C)(C)O2)cc(N2CCCC2C)c1. The van der Waals surface area contributed by atoms with E-state index in [9.17, 15) is 8.42 Å². The molecule has 0 saturated carbocycles. The Morgan fingerprint density at radius 2 is 1.77 bits per heavy atom. The number of benzene rings is 1. The van der Waals surface area contributed by atoms with Crippen LogP contribution in [-0.2, 0) is 19.3 Å². The predicted molar refractivity (Wildman–Crippen MR) is 104 cm³/mol. The predicted octanol–water partition coefficient (Wildman–Crippen LogP) is 1.88. The van der Waals surface area contributed by atoms with E-state index >= 15 is 0 Å². The second-order valence-corrected chi connectivity index (χ2v) is 10.1. The van der Waals surface area contributed by atoms with Crippen LogP contribution in [0.25, 0.3) is 0 Å². The van der Waals surface area contributed by atoms with Gasteiger partial charge in [0.25, 0.3) is 0 Å². The topological polar surface area (TPSA) is 67.9 Å². The van der Waals surface area contributed by atoms with Gasteiger partial charge < -0.3 is 14.2 Å². The molecule has 1 aromatic carbocycles. The first-order chi connectivity index (χ1) is 12.0. The van der Waals surface area contributed by atoms with Gasteiger partial charge in [0.05, 0.1) is 16.1 Å². The highest BCUT2D eigenvalue weighted by Gasteiger charge is 2.52. The fourth-order valence-electron chi connectivity index (χ4n) is 3.48. The van der Waals surface area contributed by atoms with E-state index in [1.165, 1.54) is 7.05 Å². The van der Waals surface area contributed by atoms with Gasteiger partial charge in [-0.2, -0.15) is 0 Å². The molecular formula is C18H29BN2O4S. The van der Waals surface area contributed by atoms with Crippen LogP contribution in [0.3, 0.4) is 0 Å².